The zero-order valence-corrected chi connectivity index (χ0v) is 11.0. The molecule has 1 N–H and O–H groups in total. The van der Waals surface area contributed by atoms with E-state index in [1.54, 1.807) is 0 Å². The van der Waals surface area contributed by atoms with Crippen molar-refractivity contribution < 1.29 is 28.9 Å². The quantitative estimate of drug-likeness (QED) is 0.334. The Morgan fingerprint density at radius 3 is 2.11 bits per heavy atom. The van der Waals surface area contributed by atoms with E-state index in [0.717, 1.165) is 25.0 Å². The fraction of sp³-hybridized carbons (Fsp3) is 0.667. The van der Waals surface area contributed by atoms with E-state index in [0.29, 0.717) is 13.2 Å². The van der Waals surface area contributed by atoms with Crippen LogP contribution >= 0.6 is 0 Å². The van der Waals surface area contributed by atoms with Gasteiger partial charge >= 0.3 is 11.9 Å². The Kier molecular flexibility index (Phi) is 8.19. The van der Waals surface area contributed by atoms with Crippen LogP contribution in [0.2, 0.25) is 0 Å². The lowest BCUT2D eigenvalue weighted by Crippen LogP contribution is -2.32. The van der Waals surface area contributed by atoms with E-state index in [-0.39, 0.29) is 0 Å². The highest BCUT2D eigenvalue weighted by molar-refractivity contribution is 6.04. The Morgan fingerprint density at radius 1 is 1.22 bits per heavy atom. The summed E-state index contributed by atoms with van der Waals surface area (Å²) in [5.74, 6) is -2.56. The maximum Gasteiger partial charge on any atom is 0.338 e. The van der Waals surface area contributed by atoms with Crippen molar-refractivity contribution in [1.82, 2.24) is 0 Å². The van der Waals surface area contributed by atoms with E-state index in [1.165, 1.54) is 6.92 Å². The monoisotopic (exact) mass is 260 g/mol. The molecular formula is C12H20O6. The zero-order chi connectivity index (χ0) is 14.0. The molecule has 1 heterocycles. The molecule has 0 spiro atoms. The third-order valence-electron chi connectivity index (χ3n) is 1.84. The molecule has 0 bridgehead atoms. The molecule has 6 heteroatoms. The lowest BCUT2D eigenvalue weighted by Gasteiger charge is -2.22. The van der Waals surface area contributed by atoms with Crippen LogP contribution in [0.5, 0.6) is 0 Å². The Labute approximate surface area is 107 Å². The highest BCUT2D eigenvalue weighted by atomic mass is 16.8. The second-order valence-electron chi connectivity index (χ2n) is 3.61. The van der Waals surface area contributed by atoms with Crippen molar-refractivity contribution in [3.63, 3.8) is 0 Å². The van der Waals surface area contributed by atoms with Crippen molar-refractivity contribution in [3.05, 3.63) is 12.2 Å². The first kappa shape index (κ1) is 16.8. The van der Waals surface area contributed by atoms with E-state index in [9.17, 15) is 14.7 Å². The number of hydrogen-bond donors (Lipinski definition) is 1. The van der Waals surface area contributed by atoms with E-state index in [4.69, 9.17) is 9.47 Å². The smallest absolute Gasteiger partial charge is 0.338 e. The largest absolute Gasteiger partial charge is 0.387 e. The number of rotatable bonds is 6. The molecule has 104 valence electrons. The summed E-state index contributed by atoms with van der Waals surface area (Å²) in [5.41, 5.74) is 0. The molecule has 6 nitrogen and oxygen atoms in total. The summed E-state index contributed by atoms with van der Waals surface area (Å²) in [5, 5.41) is 9.30. The third kappa shape index (κ3) is 8.86. The van der Waals surface area contributed by atoms with E-state index in [1.807, 2.05) is 6.92 Å². The molecule has 0 saturated heterocycles. The van der Waals surface area contributed by atoms with Gasteiger partial charge in [-0.25, -0.2) is 9.59 Å². The Morgan fingerprint density at radius 2 is 1.78 bits per heavy atom. The van der Waals surface area contributed by atoms with Crippen LogP contribution in [0.3, 0.4) is 0 Å². The predicted molar refractivity (Wildman–Crippen MR) is 63.3 cm³/mol. The van der Waals surface area contributed by atoms with Gasteiger partial charge < -0.3 is 19.3 Å². The van der Waals surface area contributed by atoms with Gasteiger partial charge in [-0.3, -0.25) is 0 Å². The highest BCUT2D eigenvalue weighted by Gasteiger charge is 2.19. The van der Waals surface area contributed by atoms with Crippen LogP contribution in [0.15, 0.2) is 12.2 Å². The first-order valence-electron chi connectivity index (χ1n) is 5.85. The molecule has 1 rings (SSSR count). The Bertz CT molecular complexity index is 279. The number of carbonyl (C=O) groups excluding carboxylic acids is 2. The second kappa shape index (κ2) is 8.79. The van der Waals surface area contributed by atoms with Gasteiger partial charge in [0.05, 0.1) is 6.61 Å². The summed E-state index contributed by atoms with van der Waals surface area (Å²) in [4.78, 5) is 19.8. The summed E-state index contributed by atoms with van der Waals surface area (Å²) >= 11 is 0. The van der Waals surface area contributed by atoms with Crippen LogP contribution in [0.25, 0.3) is 0 Å². The minimum absolute atomic E-state index is 0.457. The minimum Gasteiger partial charge on any atom is -0.387 e. The lowest BCUT2D eigenvalue weighted by molar-refractivity contribution is -0.347. The first-order chi connectivity index (χ1) is 8.41. The average Bonchev–Trinajstić information content (AvgIpc) is 2.63. The molecule has 18 heavy (non-hydrogen) atoms. The number of hydrogen-bond acceptors (Lipinski definition) is 6. The van der Waals surface area contributed by atoms with Crippen molar-refractivity contribution in [3.8, 4) is 0 Å². The van der Waals surface area contributed by atoms with Crippen molar-refractivity contribution in [2.24, 2.45) is 0 Å². The zero-order valence-electron chi connectivity index (χ0n) is 11.0. The number of ether oxygens (including phenoxy) is 3. The molecule has 0 aromatic heterocycles. The average molecular weight is 260 g/mol. The van der Waals surface area contributed by atoms with Crippen LogP contribution in [0.1, 0.15) is 33.6 Å². The van der Waals surface area contributed by atoms with Gasteiger partial charge in [-0.05, 0) is 13.3 Å². The Hall–Kier alpha value is -1.24. The number of carbonyl (C=O) groups is 2. The van der Waals surface area contributed by atoms with Gasteiger partial charge in [0.25, 0.3) is 5.97 Å². The van der Waals surface area contributed by atoms with E-state index < -0.39 is 17.9 Å². The van der Waals surface area contributed by atoms with Gasteiger partial charge in [0.1, 0.15) is 0 Å². The highest BCUT2D eigenvalue weighted by Crippen LogP contribution is 2.07. The third-order valence-corrected chi connectivity index (χ3v) is 1.84. The van der Waals surface area contributed by atoms with Crippen LogP contribution in [-0.2, 0) is 23.8 Å². The van der Waals surface area contributed by atoms with Gasteiger partial charge in [-0.15, -0.1) is 0 Å². The standard InChI is InChI=1S/C8H18O3.C4H2O3/c1-4-6-7-11-8(3,9)10-5-2;5-3-1-2-4(6)7-3/h9H,4-7H2,1-3H3;1-2H. The summed E-state index contributed by atoms with van der Waals surface area (Å²) in [7, 11) is 0. The molecule has 0 fully saturated rings. The van der Waals surface area contributed by atoms with Crippen molar-refractivity contribution in [1.29, 1.82) is 0 Å². The molecule has 0 aromatic carbocycles. The molecule has 1 unspecified atom stereocenters. The molecule has 0 aromatic rings. The fourth-order valence-corrected chi connectivity index (χ4v) is 1.02. The molecule has 0 amide bonds. The van der Waals surface area contributed by atoms with Crippen LogP contribution < -0.4 is 0 Å². The van der Waals surface area contributed by atoms with Gasteiger partial charge in [-0.2, -0.15) is 0 Å². The SMILES string of the molecule is CCCCOC(C)(O)OCC.O=C1C=CC(=O)O1. The van der Waals surface area contributed by atoms with Gasteiger partial charge in [0, 0.05) is 25.7 Å². The topological polar surface area (TPSA) is 82.1 Å². The maximum atomic E-state index is 9.92. The normalized spacial score (nSPS) is 16.9. The van der Waals surface area contributed by atoms with Crippen molar-refractivity contribution >= 4 is 11.9 Å². The number of cyclic esters (lactones) is 2. The first-order valence-corrected chi connectivity index (χ1v) is 5.85. The van der Waals surface area contributed by atoms with E-state index >= 15 is 0 Å². The molecule has 1 atom stereocenters. The molecule has 0 radical (unpaired) electrons. The van der Waals surface area contributed by atoms with E-state index in [2.05, 4.69) is 11.7 Å². The molecule has 0 saturated carbocycles. The van der Waals surface area contributed by atoms with Gasteiger partial charge in [0.15, 0.2) is 0 Å². The molecular weight excluding hydrogens is 240 g/mol. The lowest BCUT2D eigenvalue weighted by atomic mass is 10.4. The van der Waals surface area contributed by atoms with Crippen LogP contribution in [0.4, 0.5) is 0 Å². The number of aliphatic hydroxyl groups is 1. The van der Waals surface area contributed by atoms with Gasteiger partial charge in [0.2, 0.25) is 0 Å². The predicted octanol–water partition coefficient (Wildman–Crippen LogP) is 1.13. The summed E-state index contributed by atoms with van der Waals surface area (Å²) in [6.07, 6.45) is 4.18. The fourth-order valence-electron chi connectivity index (χ4n) is 1.02. The van der Waals surface area contributed by atoms with Crippen molar-refractivity contribution in [2.45, 2.75) is 39.6 Å². The van der Waals surface area contributed by atoms with Crippen LogP contribution in [-0.4, -0.2) is 36.2 Å². The van der Waals surface area contributed by atoms with Crippen molar-refractivity contribution in [2.75, 3.05) is 13.2 Å². The minimum atomic E-state index is -1.40. The Balaban J connectivity index is 0.000000351. The number of unbranched alkanes of at least 4 members (excludes halogenated alkanes) is 1. The van der Waals surface area contributed by atoms with Gasteiger partial charge in [-0.1, -0.05) is 13.3 Å². The summed E-state index contributed by atoms with van der Waals surface area (Å²) < 4.78 is 13.9. The summed E-state index contributed by atoms with van der Waals surface area (Å²) in [6.45, 7) is 6.39. The molecule has 0 aliphatic carbocycles. The molecule has 1 aliphatic heterocycles. The summed E-state index contributed by atoms with van der Waals surface area (Å²) in [6, 6.07) is 0. The second-order valence-corrected chi connectivity index (χ2v) is 3.61. The molecule has 1 aliphatic rings. The maximum absolute atomic E-state index is 9.92. The van der Waals surface area contributed by atoms with Crippen LogP contribution in [0, 0.1) is 0 Å². The number of esters is 2.